The first kappa shape index (κ1) is 13.3. The molecule has 1 aliphatic carbocycles. The first-order valence-corrected chi connectivity index (χ1v) is 6.70. The average molecular weight is 282 g/mol. The molecule has 106 valence electrons. The van der Waals surface area contributed by atoms with Crippen molar-refractivity contribution in [1.82, 2.24) is 10.3 Å². The number of pyridine rings is 1. The second-order valence-electron chi connectivity index (χ2n) is 5.08. The molecule has 0 spiro atoms. The highest BCUT2D eigenvalue weighted by Crippen LogP contribution is 2.21. The Morgan fingerprint density at radius 3 is 2.43 bits per heavy atom. The van der Waals surface area contributed by atoms with Crippen LogP contribution in [0.5, 0.6) is 0 Å². The monoisotopic (exact) mass is 282 g/mol. The lowest BCUT2D eigenvalue weighted by molar-refractivity contribution is 0.0690. The summed E-state index contributed by atoms with van der Waals surface area (Å²) in [4.78, 5) is 26.8. The zero-order valence-electron chi connectivity index (χ0n) is 11.2. The van der Waals surface area contributed by atoms with Gasteiger partial charge in [0.1, 0.15) is 5.69 Å². The molecule has 0 radical (unpaired) electrons. The van der Waals surface area contributed by atoms with Crippen molar-refractivity contribution in [3.05, 3.63) is 65.0 Å². The number of nitrogens with zero attached hydrogens (tertiary/aromatic N) is 1. The van der Waals surface area contributed by atoms with Gasteiger partial charge in [0.15, 0.2) is 0 Å². The van der Waals surface area contributed by atoms with Gasteiger partial charge in [-0.05, 0) is 36.1 Å². The van der Waals surface area contributed by atoms with E-state index < -0.39 is 5.97 Å². The fourth-order valence-corrected chi connectivity index (χ4v) is 2.62. The molecule has 1 amide bonds. The summed E-state index contributed by atoms with van der Waals surface area (Å²) in [5.41, 5.74) is 2.70. The summed E-state index contributed by atoms with van der Waals surface area (Å²) in [6.45, 7) is 0. The van der Waals surface area contributed by atoms with Gasteiger partial charge in [-0.2, -0.15) is 0 Å². The fourth-order valence-electron chi connectivity index (χ4n) is 2.62. The van der Waals surface area contributed by atoms with Crippen LogP contribution in [0.3, 0.4) is 0 Å². The molecule has 1 heterocycles. The number of amides is 1. The zero-order chi connectivity index (χ0) is 14.8. The Morgan fingerprint density at radius 2 is 1.81 bits per heavy atom. The number of aromatic nitrogens is 1. The molecular formula is C16H14N2O3. The third kappa shape index (κ3) is 2.76. The van der Waals surface area contributed by atoms with E-state index in [-0.39, 0.29) is 17.6 Å². The number of nitrogens with one attached hydrogen (secondary N) is 1. The SMILES string of the molecule is O=C(NC1Cc2ccccc2C1)c1ccnc(C(=O)O)c1. The van der Waals surface area contributed by atoms with Crippen molar-refractivity contribution in [2.75, 3.05) is 0 Å². The molecule has 1 aromatic carbocycles. The summed E-state index contributed by atoms with van der Waals surface area (Å²) in [5, 5.41) is 11.8. The molecule has 0 saturated carbocycles. The van der Waals surface area contributed by atoms with Crippen molar-refractivity contribution in [3.63, 3.8) is 0 Å². The van der Waals surface area contributed by atoms with Crippen molar-refractivity contribution >= 4 is 11.9 Å². The van der Waals surface area contributed by atoms with Crippen LogP contribution in [0.1, 0.15) is 32.0 Å². The second kappa shape index (κ2) is 5.36. The van der Waals surface area contributed by atoms with E-state index >= 15 is 0 Å². The van der Waals surface area contributed by atoms with Crippen LogP contribution < -0.4 is 5.32 Å². The minimum atomic E-state index is -1.14. The summed E-state index contributed by atoms with van der Waals surface area (Å²) in [5.74, 6) is -1.41. The van der Waals surface area contributed by atoms with E-state index in [2.05, 4.69) is 22.4 Å². The van der Waals surface area contributed by atoms with Gasteiger partial charge < -0.3 is 10.4 Å². The summed E-state index contributed by atoms with van der Waals surface area (Å²) >= 11 is 0. The molecule has 5 heteroatoms. The van der Waals surface area contributed by atoms with E-state index in [1.54, 1.807) is 0 Å². The highest BCUT2D eigenvalue weighted by atomic mass is 16.4. The quantitative estimate of drug-likeness (QED) is 0.897. The van der Waals surface area contributed by atoms with Gasteiger partial charge in [0.25, 0.3) is 5.91 Å². The lowest BCUT2D eigenvalue weighted by atomic mass is 10.1. The molecule has 0 fully saturated rings. The predicted octanol–water partition coefficient (Wildman–Crippen LogP) is 1.68. The molecule has 3 rings (SSSR count). The summed E-state index contributed by atoms with van der Waals surface area (Å²) < 4.78 is 0. The van der Waals surface area contributed by atoms with Crippen LogP contribution in [0.2, 0.25) is 0 Å². The number of carbonyl (C=O) groups excluding carboxylic acids is 1. The maximum Gasteiger partial charge on any atom is 0.354 e. The molecule has 5 nitrogen and oxygen atoms in total. The normalized spacial score (nSPS) is 13.7. The standard InChI is InChI=1S/C16H14N2O3/c19-15(12-5-6-17-14(9-12)16(20)21)18-13-7-10-3-1-2-4-11(10)8-13/h1-6,9,13H,7-8H2,(H,18,19)(H,20,21). The maximum atomic E-state index is 12.2. The van der Waals surface area contributed by atoms with Gasteiger partial charge in [0, 0.05) is 17.8 Å². The average Bonchev–Trinajstić information content (AvgIpc) is 2.89. The largest absolute Gasteiger partial charge is 0.477 e. The molecule has 21 heavy (non-hydrogen) atoms. The topological polar surface area (TPSA) is 79.3 Å². The highest BCUT2D eigenvalue weighted by molar-refractivity contribution is 5.96. The Bertz CT molecular complexity index is 687. The van der Waals surface area contributed by atoms with Gasteiger partial charge >= 0.3 is 5.97 Å². The van der Waals surface area contributed by atoms with Crippen molar-refractivity contribution in [3.8, 4) is 0 Å². The van der Waals surface area contributed by atoms with Crippen molar-refractivity contribution < 1.29 is 14.7 Å². The smallest absolute Gasteiger partial charge is 0.354 e. The number of aromatic carboxylic acids is 1. The van der Waals surface area contributed by atoms with Crippen LogP contribution >= 0.6 is 0 Å². The van der Waals surface area contributed by atoms with Crippen LogP contribution in [-0.2, 0) is 12.8 Å². The Morgan fingerprint density at radius 1 is 1.14 bits per heavy atom. The third-order valence-electron chi connectivity index (χ3n) is 3.63. The molecule has 0 aliphatic heterocycles. The lowest BCUT2D eigenvalue weighted by Gasteiger charge is -2.12. The zero-order valence-corrected chi connectivity index (χ0v) is 11.2. The van der Waals surface area contributed by atoms with Gasteiger partial charge in [-0.25, -0.2) is 9.78 Å². The van der Waals surface area contributed by atoms with E-state index in [0.717, 1.165) is 12.8 Å². The fraction of sp³-hybridized carbons (Fsp3) is 0.188. The molecule has 0 atom stereocenters. The number of hydrogen-bond acceptors (Lipinski definition) is 3. The molecule has 2 aromatic rings. The Balaban J connectivity index is 1.71. The molecular weight excluding hydrogens is 268 g/mol. The van der Waals surface area contributed by atoms with Gasteiger partial charge in [0.05, 0.1) is 0 Å². The summed E-state index contributed by atoms with van der Waals surface area (Å²) in [7, 11) is 0. The van der Waals surface area contributed by atoms with Gasteiger partial charge in [-0.1, -0.05) is 24.3 Å². The van der Waals surface area contributed by atoms with Crippen molar-refractivity contribution in [2.24, 2.45) is 0 Å². The third-order valence-corrected chi connectivity index (χ3v) is 3.63. The second-order valence-corrected chi connectivity index (χ2v) is 5.08. The van der Waals surface area contributed by atoms with E-state index in [1.807, 2.05) is 12.1 Å². The van der Waals surface area contributed by atoms with Gasteiger partial charge in [0.2, 0.25) is 0 Å². The minimum absolute atomic E-state index is 0.0522. The van der Waals surface area contributed by atoms with Crippen molar-refractivity contribution in [2.45, 2.75) is 18.9 Å². The van der Waals surface area contributed by atoms with Crippen LogP contribution in [0.4, 0.5) is 0 Å². The van der Waals surface area contributed by atoms with Crippen LogP contribution in [0.15, 0.2) is 42.6 Å². The van der Waals surface area contributed by atoms with E-state index in [1.165, 1.54) is 29.5 Å². The van der Waals surface area contributed by atoms with Gasteiger partial charge in [-0.15, -0.1) is 0 Å². The molecule has 0 bridgehead atoms. The van der Waals surface area contributed by atoms with E-state index in [0.29, 0.717) is 5.56 Å². The Labute approximate surface area is 121 Å². The van der Waals surface area contributed by atoms with E-state index in [4.69, 9.17) is 5.11 Å². The van der Waals surface area contributed by atoms with E-state index in [9.17, 15) is 9.59 Å². The molecule has 1 aromatic heterocycles. The number of carboxylic acids is 1. The number of fused-ring (bicyclic) bond motifs is 1. The summed E-state index contributed by atoms with van der Waals surface area (Å²) in [6.07, 6.45) is 2.94. The molecule has 2 N–H and O–H groups in total. The van der Waals surface area contributed by atoms with Gasteiger partial charge in [-0.3, -0.25) is 4.79 Å². The maximum absolute atomic E-state index is 12.2. The Hall–Kier alpha value is -2.69. The number of rotatable bonds is 3. The number of benzene rings is 1. The van der Waals surface area contributed by atoms with Crippen LogP contribution in [0.25, 0.3) is 0 Å². The first-order chi connectivity index (χ1) is 10.1. The van der Waals surface area contributed by atoms with Crippen LogP contribution in [0, 0.1) is 0 Å². The molecule has 1 aliphatic rings. The Kier molecular flexibility index (Phi) is 3.39. The summed E-state index contributed by atoms with van der Waals surface area (Å²) in [6, 6.07) is 11.0. The molecule has 0 unspecified atom stereocenters. The van der Waals surface area contributed by atoms with Crippen molar-refractivity contribution in [1.29, 1.82) is 0 Å². The number of carboxylic acid groups (broad SMARTS) is 1. The number of hydrogen-bond donors (Lipinski definition) is 2. The first-order valence-electron chi connectivity index (χ1n) is 6.70. The lowest BCUT2D eigenvalue weighted by Crippen LogP contribution is -2.35. The highest BCUT2D eigenvalue weighted by Gasteiger charge is 2.23. The molecule has 0 saturated heterocycles. The minimum Gasteiger partial charge on any atom is -0.477 e. The number of carbonyl (C=O) groups is 2. The van der Waals surface area contributed by atoms with Crippen LogP contribution in [-0.4, -0.2) is 28.0 Å². The predicted molar refractivity (Wildman–Crippen MR) is 76.3 cm³/mol.